The van der Waals surface area contributed by atoms with Crippen molar-refractivity contribution in [2.75, 3.05) is 13.1 Å². The van der Waals surface area contributed by atoms with Gasteiger partial charge >= 0.3 is 0 Å². The highest BCUT2D eigenvalue weighted by Crippen LogP contribution is 2.27. The van der Waals surface area contributed by atoms with E-state index in [-0.39, 0.29) is 18.4 Å². The van der Waals surface area contributed by atoms with Crippen LogP contribution in [0.25, 0.3) is 0 Å². The smallest absolute Gasteiger partial charge is 0.0250 e. The third-order valence-electron chi connectivity index (χ3n) is 4.20. The third kappa shape index (κ3) is 3.85. The van der Waals surface area contributed by atoms with E-state index in [1.54, 1.807) is 0 Å². The number of aryl methyl sites for hydroxylation is 1. The molecule has 2 atom stereocenters. The lowest BCUT2D eigenvalue weighted by molar-refractivity contribution is 0.324. The Kier molecular flexibility index (Phi) is 5.40. The maximum atomic E-state index is 6.34. The molecule has 1 saturated heterocycles. The van der Waals surface area contributed by atoms with E-state index in [9.17, 15) is 0 Å². The number of nitrogens with two attached hydrogens (primary N) is 1. The Morgan fingerprint density at radius 3 is 2.33 bits per heavy atom. The van der Waals surface area contributed by atoms with Gasteiger partial charge in [-0.3, -0.25) is 4.90 Å². The number of likely N-dealkylation sites (tertiary alicyclic amines) is 1. The summed E-state index contributed by atoms with van der Waals surface area (Å²) in [5.74, 6) is 0.460. The van der Waals surface area contributed by atoms with Crippen molar-refractivity contribution in [3.8, 4) is 0 Å². The summed E-state index contributed by atoms with van der Waals surface area (Å²) in [5, 5.41) is 0. The SMILES string of the molecule is Cc1ccc(CN2C[C@@H](N)[C@H](c3ccccc3)C2)cc1.Cl. The van der Waals surface area contributed by atoms with E-state index < -0.39 is 0 Å². The maximum absolute atomic E-state index is 6.34. The lowest BCUT2D eigenvalue weighted by atomic mass is 9.95. The summed E-state index contributed by atoms with van der Waals surface area (Å²) >= 11 is 0. The number of nitrogens with zero attached hydrogens (tertiary/aromatic N) is 1. The van der Waals surface area contributed by atoms with Crippen LogP contribution in [0.15, 0.2) is 54.6 Å². The van der Waals surface area contributed by atoms with Crippen molar-refractivity contribution in [1.29, 1.82) is 0 Å². The van der Waals surface area contributed by atoms with Crippen molar-refractivity contribution in [1.82, 2.24) is 4.90 Å². The van der Waals surface area contributed by atoms with Gasteiger partial charge in [0, 0.05) is 31.6 Å². The van der Waals surface area contributed by atoms with Crippen LogP contribution in [0.4, 0.5) is 0 Å². The molecule has 0 bridgehead atoms. The Morgan fingerprint density at radius 1 is 1.00 bits per heavy atom. The fourth-order valence-corrected chi connectivity index (χ4v) is 3.05. The van der Waals surface area contributed by atoms with Crippen LogP contribution in [0.1, 0.15) is 22.6 Å². The Labute approximate surface area is 133 Å². The van der Waals surface area contributed by atoms with E-state index in [1.807, 2.05) is 0 Å². The molecule has 112 valence electrons. The molecule has 3 heteroatoms. The van der Waals surface area contributed by atoms with Crippen molar-refractivity contribution in [2.45, 2.75) is 25.4 Å². The molecule has 1 fully saturated rings. The first-order valence-electron chi connectivity index (χ1n) is 7.31. The van der Waals surface area contributed by atoms with Crippen molar-refractivity contribution in [3.05, 3.63) is 71.3 Å². The second-order valence-electron chi connectivity index (χ2n) is 5.86. The molecule has 1 aliphatic rings. The molecule has 0 amide bonds. The first kappa shape index (κ1) is 16.0. The highest BCUT2D eigenvalue weighted by atomic mass is 35.5. The van der Waals surface area contributed by atoms with Crippen LogP contribution in [-0.4, -0.2) is 24.0 Å². The van der Waals surface area contributed by atoms with Gasteiger partial charge in [0.15, 0.2) is 0 Å². The van der Waals surface area contributed by atoms with Gasteiger partial charge in [-0.15, -0.1) is 12.4 Å². The molecule has 0 aromatic heterocycles. The average molecular weight is 303 g/mol. The quantitative estimate of drug-likeness (QED) is 0.942. The van der Waals surface area contributed by atoms with Gasteiger partial charge in [0.25, 0.3) is 0 Å². The number of rotatable bonds is 3. The minimum Gasteiger partial charge on any atom is -0.326 e. The van der Waals surface area contributed by atoms with Crippen molar-refractivity contribution in [3.63, 3.8) is 0 Å². The van der Waals surface area contributed by atoms with Gasteiger partial charge < -0.3 is 5.73 Å². The molecular weight excluding hydrogens is 280 g/mol. The largest absolute Gasteiger partial charge is 0.326 e. The zero-order valence-electron chi connectivity index (χ0n) is 12.4. The molecule has 2 nitrogen and oxygen atoms in total. The van der Waals surface area contributed by atoms with E-state index >= 15 is 0 Å². The first-order chi connectivity index (χ1) is 9.72. The van der Waals surface area contributed by atoms with Gasteiger partial charge in [0.2, 0.25) is 0 Å². The van der Waals surface area contributed by atoms with Gasteiger partial charge in [-0.05, 0) is 18.1 Å². The van der Waals surface area contributed by atoms with Crippen LogP contribution in [0.2, 0.25) is 0 Å². The number of hydrogen-bond acceptors (Lipinski definition) is 2. The summed E-state index contributed by atoms with van der Waals surface area (Å²) in [6.07, 6.45) is 0. The Balaban J connectivity index is 0.00000161. The monoisotopic (exact) mass is 302 g/mol. The number of benzene rings is 2. The molecule has 2 aromatic rings. The van der Waals surface area contributed by atoms with Crippen molar-refractivity contribution < 1.29 is 0 Å². The van der Waals surface area contributed by atoms with E-state index in [0.717, 1.165) is 19.6 Å². The number of halogens is 1. The van der Waals surface area contributed by atoms with Gasteiger partial charge in [-0.25, -0.2) is 0 Å². The van der Waals surface area contributed by atoms with Gasteiger partial charge in [-0.1, -0.05) is 60.2 Å². The van der Waals surface area contributed by atoms with Gasteiger partial charge in [-0.2, -0.15) is 0 Å². The molecule has 1 heterocycles. The molecule has 2 aromatic carbocycles. The molecule has 0 unspecified atom stereocenters. The minimum absolute atomic E-state index is 0. The molecule has 2 N–H and O–H groups in total. The fourth-order valence-electron chi connectivity index (χ4n) is 3.05. The second kappa shape index (κ2) is 7.08. The molecule has 0 aliphatic carbocycles. The van der Waals surface area contributed by atoms with Crippen LogP contribution in [0, 0.1) is 6.92 Å². The molecule has 0 spiro atoms. The average Bonchev–Trinajstić information content (AvgIpc) is 2.83. The van der Waals surface area contributed by atoms with Crippen LogP contribution in [-0.2, 0) is 6.54 Å². The minimum atomic E-state index is 0. The highest BCUT2D eigenvalue weighted by molar-refractivity contribution is 5.85. The van der Waals surface area contributed by atoms with Crippen LogP contribution >= 0.6 is 12.4 Å². The van der Waals surface area contributed by atoms with E-state index in [1.165, 1.54) is 16.7 Å². The predicted octanol–water partition coefficient (Wildman–Crippen LogP) is 3.34. The van der Waals surface area contributed by atoms with Crippen LogP contribution in [0.3, 0.4) is 0 Å². The van der Waals surface area contributed by atoms with E-state index in [4.69, 9.17) is 5.73 Å². The molecule has 1 aliphatic heterocycles. The van der Waals surface area contributed by atoms with Crippen LogP contribution < -0.4 is 5.73 Å². The molecule has 0 radical (unpaired) electrons. The molecule has 21 heavy (non-hydrogen) atoms. The summed E-state index contributed by atoms with van der Waals surface area (Å²) in [6.45, 7) is 5.16. The summed E-state index contributed by atoms with van der Waals surface area (Å²) in [7, 11) is 0. The van der Waals surface area contributed by atoms with E-state index in [0.29, 0.717) is 5.92 Å². The third-order valence-corrected chi connectivity index (χ3v) is 4.20. The molecule has 0 saturated carbocycles. The summed E-state index contributed by atoms with van der Waals surface area (Å²) in [6, 6.07) is 19.7. The number of hydrogen-bond donors (Lipinski definition) is 1. The van der Waals surface area contributed by atoms with Crippen molar-refractivity contribution >= 4 is 12.4 Å². The van der Waals surface area contributed by atoms with Gasteiger partial charge in [0.05, 0.1) is 0 Å². The Morgan fingerprint density at radius 2 is 1.67 bits per heavy atom. The molecule has 3 rings (SSSR count). The fraction of sp³-hybridized carbons (Fsp3) is 0.333. The summed E-state index contributed by atoms with van der Waals surface area (Å²) in [5.41, 5.74) is 10.4. The lowest BCUT2D eigenvalue weighted by Crippen LogP contribution is -2.28. The zero-order valence-corrected chi connectivity index (χ0v) is 13.2. The second-order valence-corrected chi connectivity index (χ2v) is 5.86. The topological polar surface area (TPSA) is 29.3 Å². The Bertz CT molecular complexity index is 553. The zero-order chi connectivity index (χ0) is 13.9. The Hall–Kier alpha value is -1.35. The van der Waals surface area contributed by atoms with Crippen molar-refractivity contribution in [2.24, 2.45) is 5.73 Å². The van der Waals surface area contributed by atoms with Gasteiger partial charge in [0.1, 0.15) is 0 Å². The predicted molar refractivity (Wildman–Crippen MR) is 90.9 cm³/mol. The standard InChI is InChI=1S/C18H22N2.ClH/c1-14-7-9-15(10-8-14)11-20-12-17(18(19)13-20)16-5-3-2-4-6-16;/h2-10,17-18H,11-13,19H2,1H3;1H/t17-,18+;/m0./s1. The molecular formula is C18H23ClN2. The summed E-state index contributed by atoms with van der Waals surface area (Å²) < 4.78 is 0. The normalized spacial score (nSPS) is 22.0. The summed E-state index contributed by atoms with van der Waals surface area (Å²) in [4.78, 5) is 2.47. The first-order valence-corrected chi connectivity index (χ1v) is 7.31. The maximum Gasteiger partial charge on any atom is 0.0250 e. The van der Waals surface area contributed by atoms with Crippen LogP contribution in [0.5, 0.6) is 0 Å². The van der Waals surface area contributed by atoms with E-state index in [2.05, 4.69) is 66.4 Å². The lowest BCUT2D eigenvalue weighted by Gasteiger charge is -2.16. The highest BCUT2D eigenvalue weighted by Gasteiger charge is 2.30.